The highest BCUT2D eigenvalue weighted by Gasteiger charge is 2.20. The van der Waals surface area contributed by atoms with Crippen LogP contribution < -0.4 is 0 Å². The van der Waals surface area contributed by atoms with Crippen LogP contribution in [-0.4, -0.2) is 18.8 Å². The van der Waals surface area contributed by atoms with E-state index in [2.05, 4.69) is 20.4 Å². The third kappa shape index (κ3) is 2.11. The lowest BCUT2D eigenvalue weighted by Crippen LogP contribution is -2.30. The van der Waals surface area contributed by atoms with Crippen LogP contribution in [0.5, 0.6) is 0 Å². The first-order chi connectivity index (χ1) is 3.68. The van der Waals surface area contributed by atoms with Crippen LogP contribution in [0.15, 0.2) is 0 Å². The van der Waals surface area contributed by atoms with E-state index in [-0.39, 0.29) is 0 Å². The van der Waals surface area contributed by atoms with Crippen molar-refractivity contribution < 1.29 is 4.12 Å². The van der Waals surface area contributed by atoms with Gasteiger partial charge in [-0.25, -0.2) is 0 Å². The maximum absolute atomic E-state index is 5.51. The molecule has 0 saturated heterocycles. The van der Waals surface area contributed by atoms with Crippen molar-refractivity contribution in [3.63, 3.8) is 0 Å². The SMILES string of the molecule is CC[Si](C)(CC)O[SiH3]. The molecule has 0 aromatic rings. The molecule has 3 heteroatoms. The molecule has 8 heavy (non-hydrogen) atoms. The average Bonchev–Trinajstić information content (AvgIpc) is 1.87. The fraction of sp³-hybridized carbons (Fsp3) is 1.00. The minimum atomic E-state index is -1.11. The van der Waals surface area contributed by atoms with E-state index in [4.69, 9.17) is 4.12 Å². The molecule has 0 aliphatic carbocycles. The highest BCUT2D eigenvalue weighted by Crippen LogP contribution is 2.13. The summed E-state index contributed by atoms with van der Waals surface area (Å²) in [6, 6.07) is 2.54. The van der Waals surface area contributed by atoms with Gasteiger partial charge in [0.25, 0.3) is 0 Å². The minimum Gasteiger partial charge on any atom is -0.463 e. The predicted octanol–water partition coefficient (Wildman–Crippen LogP) is 0.898. The summed E-state index contributed by atoms with van der Waals surface area (Å²) in [5.41, 5.74) is 0. The first kappa shape index (κ1) is 8.39. The minimum absolute atomic E-state index is 0.928. The Labute approximate surface area is 56.1 Å². The second-order valence-electron chi connectivity index (χ2n) is 2.36. The molecule has 0 saturated carbocycles. The Morgan fingerprint density at radius 1 is 1.38 bits per heavy atom. The second kappa shape index (κ2) is 3.43. The number of hydrogen-bond donors (Lipinski definition) is 0. The molecule has 0 aromatic heterocycles. The molecule has 50 valence electrons. The molecular formula is C5H16OSi2. The summed E-state index contributed by atoms with van der Waals surface area (Å²) in [5, 5.41) is 0. The fourth-order valence-corrected chi connectivity index (χ4v) is 3.35. The molecule has 0 radical (unpaired) electrons. The van der Waals surface area contributed by atoms with Gasteiger partial charge in [0.1, 0.15) is 10.5 Å². The van der Waals surface area contributed by atoms with Gasteiger partial charge in [0.05, 0.1) is 0 Å². The van der Waals surface area contributed by atoms with E-state index in [1.807, 2.05) is 0 Å². The molecule has 0 aromatic carbocycles. The van der Waals surface area contributed by atoms with E-state index in [0.717, 1.165) is 10.5 Å². The van der Waals surface area contributed by atoms with Crippen molar-refractivity contribution in [1.82, 2.24) is 0 Å². The lowest BCUT2D eigenvalue weighted by atomic mass is 10.9. The van der Waals surface area contributed by atoms with Crippen LogP contribution in [0.4, 0.5) is 0 Å². The summed E-state index contributed by atoms with van der Waals surface area (Å²) in [6.07, 6.45) is 0. The highest BCUT2D eigenvalue weighted by atomic mass is 28.4. The lowest BCUT2D eigenvalue weighted by molar-refractivity contribution is 0.598. The van der Waals surface area contributed by atoms with Gasteiger partial charge in [-0.3, -0.25) is 0 Å². The zero-order chi connectivity index (χ0) is 6.62. The topological polar surface area (TPSA) is 9.23 Å². The molecule has 1 nitrogen and oxygen atoms in total. The standard InChI is InChI=1S/C5H16OSi2/c1-4-8(3,5-2)6-7/h4-5H2,1-3,7H3. The molecule has 0 heterocycles. The molecule has 0 N–H and O–H groups in total. The summed E-state index contributed by atoms with van der Waals surface area (Å²) in [4.78, 5) is 0. The Bertz CT molecular complexity index is 53.2. The van der Waals surface area contributed by atoms with Gasteiger partial charge in [0.15, 0.2) is 8.32 Å². The van der Waals surface area contributed by atoms with Crippen molar-refractivity contribution in [2.45, 2.75) is 32.5 Å². The Balaban J connectivity index is 3.58. The molecule has 0 fully saturated rings. The van der Waals surface area contributed by atoms with Crippen LogP contribution in [0, 0.1) is 0 Å². The molecule has 0 aliphatic heterocycles. The zero-order valence-electron chi connectivity index (χ0n) is 6.32. The smallest absolute Gasteiger partial charge is 0.175 e. The largest absolute Gasteiger partial charge is 0.463 e. The summed E-state index contributed by atoms with van der Waals surface area (Å²) in [5.74, 6) is 0. The van der Waals surface area contributed by atoms with E-state index in [1.54, 1.807) is 0 Å². The molecule has 0 atom stereocenters. The molecule has 0 aliphatic rings. The van der Waals surface area contributed by atoms with E-state index in [9.17, 15) is 0 Å². The van der Waals surface area contributed by atoms with Gasteiger partial charge in [0, 0.05) is 0 Å². The van der Waals surface area contributed by atoms with Crippen molar-refractivity contribution in [3.8, 4) is 0 Å². The van der Waals surface area contributed by atoms with Gasteiger partial charge >= 0.3 is 0 Å². The van der Waals surface area contributed by atoms with Crippen molar-refractivity contribution >= 4 is 18.8 Å². The summed E-state index contributed by atoms with van der Waals surface area (Å²) < 4.78 is 5.51. The Morgan fingerprint density at radius 3 is 1.75 bits per heavy atom. The maximum atomic E-state index is 5.51. The Morgan fingerprint density at radius 2 is 1.75 bits per heavy atom. The van der Waals surface area contributed by atoms with Crippen molar-refractivity contribution in [3.05, 3.63) is 0 Å². The molecule has 0 amide bonds. The third-order valence-electron chi connectivity index (χ3n) is 1.99. The molecule has 0 bridgehead atoms. The van der Waals surface area contributed by atoms with Gasteiger partial charge in [-0.15, -0.1) is 0 Å². The maximum Gasteiger partial charge on any atom is 0.175 e. The molecule has 0 spiro atoms. The van der Waals surface area contributed by atoms with Crippen molar-refractivity contribution in [2.75, 3.05) is 0 Å². The van der Waals surface area contributed by atoms with Gasteiger partial charge in [0.2, 0.25) is 0 Å². The first-order valence-electron chi connectivity index (χ1n) is 3.23. The summed E-state index contributed by atoms with van der Waals surface area (Å²) in [6.45, 7) is 6.77. The zero-order valence-corrected chi connectivity index (χ0v) is 9.32. The van der Waals surface area contributed by atoms with Gasteiger partial charge in [-0.2, -0.15) is 0 Å². The summed E-state index contributed by atoms with van der Waals surface area (Å²) >= 11 is 0. The normalized spacial score (nSPS) is 12.4. The lowest BCUT2D eigenvalue weighted by Gasteiger charge is -2.21. The number of hydrogen-bond acceptors (Lipinski definition) is 1. The molecule has 0 unspecified atom stereocenters. The highest BCUT2D eigenvalue weighted by molar-refractivity contribution is 6.74. The molecular weight excluding hydrogens is 132 g/mol. The van der Waals surface area contributed by atoms with Crippen LogP contribution >= 0.6 is 0 Å². The van der Waals surface area contributed by atoms with Crippen LogP contribution in [0.25, 0.3) is 0 Å². The summed E-state index contributed by atoms with van der Waals surface area (Å²) in [7, 11) is -0.182. The third-order valence-corrected chi connectivity index (χ3v) is 8.92. The Kier molecular flexibility index (Phi) is 3.59. The van der Waals surface area contributed by atoms with Crippen molar-refractivity contribution in [2.24, 2.45) is 0 Å². The van der Waals surface area contributed by atoms with E-state index >= 15 is 0 Å². The van der Waals surface area contributed by atoms with Crippen molar-refractivity contribution in [1.29, 1.82) is 0 Å². The number of rotatable bonds is 3. The van der Waals surface area contributed by atoms with Crippen LogP contribution in [-0.2, 0) is 4.12 Å². The Hall–Kier alpha value is 0.394. The van der Waals surface area contributed by atoms with Gasteiger partial charge < -0.3 is 4.12 Å². The van der Waals surface area contributed by atoms with Crippen LogP contribution in [0.3, 0.4) is 0 Å². The quantitative estimate of drug-likeness (QED) is 0.540. The van der Waals surface area contributed by atoms with E-state index < -0.39 is 8.32 Å². The van der Waals surface area contributed by atoms with Crippen LogP contribution in [0.2, 0.25) is 18.6 Å². The average molecular weight is 148 g/mol. The van der Waals surface area contributed by atoms with Gasteiger partial charge in [-0.05, 0) is 18.6 Å². The van der Waals surface area contributed by atoms with E-state index in [0.29, 0.717) is 0 Å². The van der Waals surface area contributed by atoms with E-state index in [1.165, 1.54) is 12.1 Å². The van der Waals surface area contributed by atoms with Gasteiger partial charge in [-0.1, -0.05) is 13.8 Å². The first-order valence-corrected chi connectivity index (χ1v) is 6.87. The monoisotopic (exact) mass is 148 g/mol. The second-order valence-corrected chi connectivity index (χ2v) is 8.31. The molecule has 0 rings (SSSR count). The fourth-order valence-electron chi connectivity index (χ4n) is 0.539. The van der Waals surface area contributed by atoms with Crippen LogP contribution in [0.1, 0.15) is 13.8 Å². The predicted molar refractivity (Wildman–Crippen MR) is 43.6 cm³/mol.